The molecule has 0 fully saturated rings. The molecule has 0 rings (SSSR count). The SMILES string of the molecule is CCCCCCCCCCCCOCCCOCCOCCOCC(O)OCCO. The zero-order chi connectivity index (χ0) is 22.0. The van der Waals surface area contributed by atoms with Crippen LogP contribution in [0.2, 0.25) is 0 Å². The van der Waals surface area contributed by atoms with Crippen molar-refractivity contribution in [3.8, 4) is 0 Å². The fourth-order valence-corrected chi connectivity index (χ4v) is 2.92. The zero-order valence-corrected chi connectivity index (χ0v) is 19.4. The average molecular weight is 437 g/mol. The Kier molecular flexibility index (Phi) is 26.5. The van der Waals surface area contributed by atoms with Gasteiger partial charge in [0.15, 0.2) is 6.29 Å². The van der Waals surface area contributed by atoms with E-state index in [2.05, 4.69) is 6.92 Å². The second-order valence-corrected chi connectivity index (χ2v) is 7.50. The van der Waals surface area contributed by atoms with Crippen LogP contribution in [0.25, 0.3) is 0 Å². The summed E-state index contributed by atoms with van der Waals surface area (Å²) < 4.78 is 26.6. The van der Waals surface area contributed by atoms with E-state index in [1.807, 2.05) is 0 Å². The Morgan fingerprint density at radius 1 is 0.533 bits per heavy atom. The van der Waals surface area contributed by atoms with Crippen molar-refractivity contribution in [1.29, 1.82) is 0 Å². The third-order valence-electron chi connectivity index (χ3n) is 4.63. The summed E-state index contributed by atoms with van der Waals surface area (Å²) in [5.74, 6) is 0. The lowest BCUT2D eigenvalue weighted by atomic mass is 10.1. The molecule has 0 aliphatic heterocycles. The van der Waals surface area contributed by atoms with Gasteiger partial charge in [-0.15, -0.1) is 0 Å². The maximum absolute atomic E-state index is 9.32. The van der Waals surface area contributed by atoms with Gasteiger partial charge in [0, 0.05) is 19.8 Å². The van der Waals surface area contributed by atoms with E-state index in [1.165, 1.54) is 57.8 Å². The maximum atomic E-state index is 9.32. The monoisotopic (exact) mass is 436 g/mol. The van der Waals surface area contributed by atoms with Crippen LogP contribution in [0.5, 0.6) is 0 Å². The summed E-state index contributed by atoms with van der Waals surface area (Å²) in [6.07, 6.45) is 13.4. The van der Waals surface area contributed by atoms with Crippen LogP contribution in [-0.2, 0) is 23.7 Å². The van der Waals surface area contributed by atoms with Crippen LogP contribution < -0.4 is 0 Å². The highest BCUT2D eigenvalue weighted by Crippen LogP contribution is 2.10. The number of ether oxygens (including phenoxy) is 5. The summed E-state index contributed by atoms with van der Waals surface area (Å²) in [6.45, 7) is 6.52. The first kappa shape index (κ1) is 29.7. The van der Waals surface area contributed by atoms with E-state index in [1.54, 1.807) is 0 Å². The largest absolute Gasteiger partial charge is 0.394 e. The average Bonchev–Trinajstić information content (AvgIpc) is 2.75. The molecule has 2 N–H and O–H groups in total. The van der Waals surface area contributed by atoms with E-state index in [-0.39, 0.29) is 19.8 Å². The van der Waals surface area contributed by atoms with Gasteiger partial charge in [0.1, 0.15) is 0 Å². The summed E-state index contributed by atoms with van der Waals surface area (Å²) in [5, 5.41) is 17.9. The van der Waals surface area contributed by atoms with Crippen molar-refractivity contribution in [2.75, 3.05) is 66.1 Å². The molecule has 7 nitrogen and oxygen atoms in total. The van der Waals surface area contributed by atoms with Crippen LogP contribution in [0.15, 0.2) is 0 Å². The van der Waals surface area contributed by atoms with Crippen molar-refractivity contribution < 1.29 is 33.9 Å². The minimum absolute atomic E-state index is 0.0684. The van der Waals surface area contributed by atoms with Crippen LogP contribution in [0.3, 0.4) is 0 Å². The van der Waals surface area contributed by atoms with Gasteiger partial charge in [-0.05, 0) is 12.8 Å². The smallest absolute Gasteiger partial charge is 0.178 e. The first-order valence-electron chi connectivity index (χ1n) is 12.0. The highest BCUT2D eigenvalue weighted by Gasteiger charge is 2.03. The number of aliphatic hydroxyl groups excluding tert-OH is 2. The van der Waals surface area contributed by atoms with Gasteiger partial charge < -0.3 is 33.9 Å². The Balaban J connectivity index is 3.03. The van der Waals surface area contributed by atoms with E-state index >= 15 is 0 Å². The van der Waals surface area contributed by atoms with Gasteiger partial charge in [0.05, 0.1) is 46.2 Å². The molecule has 0 aliphatic carbocycles. The molecular weight excluding hydrogens is 388 g/mol. The molecule has 0 aromatic heterocycles. The second kappa shape index (κ2) is 26.8. The Hall–Kier alpha value is -0.280. The predicted octanol–water partition coefficient (Wildman–Crippen LogP) is 3.69. The molecule has 0 aromatic rings. The van der Waals surface area contributed by atoms with Crippen molar-refractivity contribution >= 4 is 0 Å². The molecule has 1 unspecified atom stereocenters. The Morgan fingerprint density at radius 2 is 1.00 bits per heavy atom. The highest BCUT2D eigenvalue weighted by atomic mass is 16.6. The fraction of sp³-hybridized carbons (Fsp3) is 1.00. The van der Waals surface area contributed by atoms with Gasteiger partial charge >= 0.3 is 0 Å². The van der Waals surface area contributed by atoms with Crippen LogP contribution in [-0.4, -0.2) is 82.6 Å². The van der Waals surface area contributed by atoms with Crippen molar-refractivity contribution in [2.45, 2.75) is 83.8 Å². The van der Waals surface area contributed by atoms with Crippen molar-refractivity contribution in [2.24, 2.45) is 0 Å². The molecule has 0 bridgehead atoms. The topological polar surface area (TPSA) is 86.6 Å². The molecule has 7 heteroatoms. The van der Waals surface area contributed by atoms with Crippen LogP contribution in [0.1, 0.15) is 77.6 Å². The molecule has 30 heavy (non-hydrogen) atoms. The Labute approximate surface area is 184 Å². The molecule has 1 atom stereocenters. The van der Waals surface area contributed by atoms with Crippen LogP contribution >= 0.6 is 0 Å². The molecular formula is C23H48O7. The predicted molar refractivity (Wildman–Crippen MR) is 119 cm³/mol. The van der Waals surface area contributed by atoms with Crippen LogP contribution in [0.4, 0.5) is 0 Å². The highest BCUT2D eigenvalue weighted by molar-refractivity contribution is 4.47. The van der Waals surface area contributed by atoms with E-state index in [0.29, 0.717) is 33.0 Å². The third kappa shape index (κ3) is 25.8. The summed E-state index contributed by atoms with van der Waals surface area (Å²) in [7, 11) is 0. The number of hydrogen-bond acceptors (Lipinski definition) is 7. The molecule has 0 spiro atoms. The summed E-state index contributed by atoms with van der Waals surface area (Å²) >= 11 is 0. The summed E-state index contributed by atoms with van der Waals surface area (Å²) in [5.41, 5.74) is 0. The van der Waals surface area contributed by atoms with Gasteiger partial charge in [0.2, 0.25) is 0 Å². The lowest BCUT2D eigenvalue weighted by molar-refractivity contribution is -0.145. The van der Waals surface area contributed by atoms with Crippen molar-refractivity contribution in [1.82, 2.24) is 0 Å². The first-order valence-corrected chi connectivity index (χ1v) is 12.0. The molecule has 0 aromatic carbocycles. The minimum atomic E-state index is -1.01. The van der Waals surface area contributed by atoms with E-state index in [4.69, 9.17) is 28.8 Å². The fourth-order valence-electron chi connectivity index (χ4n) is 2.92. The normalized spacial score (nSPS) is 12.5. The number of aliphatic hydroxyl groups is 2. The van der Waals surface area contributed by atoms with Gasteiger partial charge in [-0.25, -0.2) is 0 Å². The number of rotatable bonds is 26. The molecule has 0 radical (unpaired) electrons. The van der Waals surface area contributed by atoms with Crippen LogP contribution in [0, 0.1) is 0 Å². The molecule has 182 valence electrons. The summed E-state index contributed by atoms with van der Waals surface area (Å²) in [4.78, 5) is 0. The van der Waals surface area contributed by atoms with Gasteiger partial charge in [-0.3, -0.25) is 0 Å². The van der Waals surface area contributed by atoms with Gasteiger partial charge in [-0.1, -0.05) is 64.7 Å². The second-order valence-electron chi connectivity index (χ2n) is 7.50. The first-order chi connectivity index (χ1) is 14.8. The van der Waals surface area contributed by atoms with E-state index < -0.39 is 6.29 Å². The third-order valence-corrected chi connectivity index (χ3v) is 4.63. The summed E-state index contributed by atoms with van der Waals surface area (Å²) in [6, 6.07) is 0. The van der Waals surface area contributed by atoms with Crippen molar-refractivity contribution in [3.05, 3.63) is 0 Å². The lowest BCUT2D eigenvalue weighted by Crippen LogP contribution is -2.22. The standard InChI is InChI=1S/C23H48O7/c1-2-3-4-5-6-7-8-9-10-11-14-26-15-12-16-27-18-19-28-20-21-29-22-23(25)30-17-13-24/h23-25H,2-22H2,1H3. The van der Waals surface area contributed by atoms with Gasteiger partial charge in [0.25, 0.3) is 0 Å². The molecule has 0 saturated heterocycles. The van der Waals surface area contributed by atoms with E-state index in [0.717, 1.165) is 26.1 Å². The molecule has 0 amide bonds. The van der Waals surface area contributed by atoms with Crippen molar-refractivity contribution in [3.63, 3.8) is 0 Å². The quantitative estimate of drug-likeness (QED) is 0.158. The molecule has 0 heterocycles. The lowest BCUT2D eigenvalue weighted by Gasteiger charge is -2.11. The number of hydrogen-bond donors (Lipinski definition) is 2. The Bertz CT molecular complexity index is 305. The van der Waals surface area contributed by atoms with E-state index in [9.17, 15) is 5.11 Å². The zero-order valence-electron chi connectivity index (χ0n) is 19.4. The molecule has 0 saturated carbocycles. The number of unbranched alkanes of at least 4 members (excludes halogenated alkanes) is 9. The molecule has 0 aliphatic rings. The van der Waals surface area contributed by atoms with Gasteiger partial charge in [-0.2, -0.15) is 0 Å². The minimum Gasteiger partial charge on any atom is -0.394 e. The maximum Gasteiger partial charge on any atom is 0.178 e. The Morgan fingerprint density at radius 3 is 1.60 bits per heavy atom.